The van der Waals surface area contributed by atoms with Gasteiger partial charge in [0.25, 0.3) is 0 Å². The lowest BCUT2D eigenvalue weighted by Crippen LogP contribution is -2.42. The third-order valence-electron chi connectivity index (χ3n) is 6.48. The predicted molar refractivity (Wildman–Crippen MR) is 116 cm³/mol. The summed E-state index contributed by atoms with van der Waals surface area (Å²) in [7, 11) is 3.39. The van der Waals surface area contributed by atoms with Gasteiger partial charge in [0.05, 0.1) is 20.3 Å². The van der Waals surface area contributed by atoms with Gasteiger partial charge in [0.15, 0.2) is 11.5 Å². The van der Waals surface area contributed by atoms with E-state index >= 15 is 0 Å². The summed E-state index contributed by atoms with van der Waals surface area (Å²) in [5.41, 5.74) is 4.96. The van der Waals surface area contributed by atoms with E-state index in [1.165, 1.54) is 29.5 Å². The Labute approximate surface area is 174 Å². The van der Waals surface area contributed by atoms with Crippen molar-refractivity contribution >= 4 is 0 Å². The molecular weight excluding hydrogens is 362 g/mol. The van der Waals surface area contributed by atoms with Gasteiger partial charge in [-0.3, -0.25) is 4.90 Å². The molecule has 2 aromatic rings. The molecule has 2 aliphatic carbocycles. The van der Waals surface area contributed by atoms with Crippen molar-refractivity contribution in [3.8, 4) is 11.5 Å². The number of rotatable bonds is 8. The Balaban J connectivity index is 1.51. The molecule has 0 amide bonds. The van der Waals surface area contributed by atoms with Crippen LogP contribution in [-0.4, -0.2) is 43.4 Å². The van der Waals surface area contributed by atoms with E-state index in [1.807, 2.05) is 0 Å². The maximum atomic E-state index is 10.9. The number of hydrogen-bond acceptors (Lipinski definition) is 4. The van der Waals surface area contributed by atoms with E-state index in [1.54, 1.807) is 14.2 Å². The van der Waals surface area contributed by atoms with Gasteiger partial charge in [-0.15, -0.1) is 0 Å². The normalized spacial score (nSPS) is 19.7. The molecule has 4 rings (SSSR count). The summed E-state index contributed by atoms with van der Waals surface area (Å²) in [6.07, 6.45) is 5.37. The molecule has 29 heavy (non-hydrogen) atoms. The molecule has 1 N–H and O–H groups in total. The van der Waals surface area contributed by atoms with Crippen LogP contribution >= 0.6 is 0 Å². The second kappa shape index (κ2) is 8.76. The zero-order valence-electron chi connectivity index (χ0n) is 17.9. The molecule has 0 heterocycles. The Morgan fingerprint density at radius 3 is 2.28 bits per heavy atom. The van der Waals surface area contributed by atoms with Gasteiger partial charge >= 0.3 is 0 Å². The number of benzene rings is 2. The minimum atomic E-state index is -0.443. The fourth-order valence-electron chi connectivity index (χ4n) is 4.50. The lowest BCUT2D eigenvalue weighted by Gasteiger charge is -2.37. The monoisotopic (exact) mass is 395 g/mol. The van der Waals surface area contributed by atoms with Crippen molar-refractivity contribution in [3.63, 3.8) is 0 Å². The number of ether oxygens (including phenoxy) is 2. The highest BCUT2D eigenvalue weighted by atomic mass is 16.5. The van der Waals surface area contributed by atoms with Crippen LogP contribution in [0.1, 0.15) is 47.6 Å². The molecule has 4 heteroatoms. The average molecular weight is 396 g/mol. The van der Waals surface area contributed by atoms with E-state index in [0.29, 0.717) is 12.6 Å². The number of aliphatic hydroxyl groups excluding tert-OH is 1. The summed E-state index contributed by atoms with van der Waals surface area (Å²) in [5, 5.41) is 10.9. The number of methoxy groups -OCH3 is 2. The van der Waals surface area contributed by atoms with Crippen LogP contribution in [0, 0.1) is 12.8 Å². The van der Waals surface area contributed by atoms with Gasteiger partial charge in [-0.1, -0.05) is 29.8 Å². The van der Waals surface area contributed by atoms with Crippen molar-refractivity contribution in [2.24, 2.45) is 5.92 Å². The Hall–Kier alpha value is -2.04. The molecule has 2 unspecified atom stereocenters. The first-order chi connectivity index (χ1) is 14.1. The van der Waals surface area contributed by atoms with Gasteiger partial charge in [-0.05, 0) is 73.8 Å². The van der Waals surface area contributed by atoms with Crippen LogP contribution in [0.15, 0.2) is 36.4 Å². The van der Waals surface area contributed by atoms with Gasteiger partial charge in [0.1, 0.15) is 0 Å². The molecule has 2 aliphatic rings. The van der Waals surface area contributed by atoms with Crippen molar-refractivity contribution < 1.29 is 14.6 Å². The number of aryl methyl sites for hydroxylation is 2. The van der Waals surface area contributed by atoms with Gasteiger partial charge in [-0.25, -0.2) is 0 Å². The van der Waals surface area contributed by atoms with Gasteiger partial charge < -0.3 is 14.6 Å². The van der Waals surface area contributed by atoms with Gasteiger partial charge in [0.2, 0.25) is 0 Å². The fourth-order valence-corrected chi connectivity index (χ4v) is 4.50. The van der Waals surface area contributed by atoms with E-state index in [9.17, 15) is 5.11 Å². The highest BCUT2D eigenvalue weighted by molar-refractivity contribution is 5.48. The lowest BCUT2D eigenvalue weighted by molar-refractivity contribution is 0.0778. The highest BCUT2D eigenvalue weighted by Gasteiger charge is 2.32. The SMILES string of the molecule is COc1cc2c(cc1OC)CC(N(CC1CC1)CC(O)c1ccc(C)cc1)CC2. The number of fused-ring (bicyclic) bond motifs is 1. The molecule has 0 spiro atoms. The van der Waals surface area contributed by atoms with Crippen LogP contribution in [0.2, 0.25) is 0 Å². The van der Waals surface area contributed by atoms with Crippen molar-refractivity contribution in [2.45, 2.75) is 51.2 Å². The van der Waals surface area contributed by atoms with Gasteiger partial charge in [0, 0.05) is 19.1 Å². The average Bonchev–Trinajstić information content (AvgIpc) is 3.56. The van der Waals surface area contributed by atoms with E-state index in [0.717, 1.165) is 48.8 Å². The first kappa shape index (κ1) is 20.2. The molecule has 0 saturated heterocycles. The highest BCUT2D eigenvalue weighted by Crippen LogP contribution is 2.37. The van der Waals surface area contributed by atoms with Crippen molar-refractivity contribution in [2.75, 3.05) is 27.3 Å². The molecular formula is C25H33NO3. The van der Waals surface area contributed by atoms with E-state index < -0.39 is 6.10 Å². The molecule has 0 aliphatic heterocycles. The molecule has 1 fully saturated rings. The van der Waals surface area contributed by atoms with Crippen molar-refractivity contribution in [1.82, 2.24) is 4.90 Å². The van der Waals surface area contributed by atoms with Crippen molar-refractivity contribution in [1.29, 1.82) is 0 Å². The van der Waals surface area contributed by atoms with Crippen LogP contribution in [0.3, 0.4) is 0 Å². The second-order valence-corrected chi connectivity index (χ2v) is 8.70. The summed E-state index contributed by atoms with van der Waals surface area (Å²) in [4.78, 5) is 2.54. The summed E-state index contributed by atoms with van der Waals surface area (Å²) < 4.78 is 11.0. The summed E-state index contributed by atoms with van der Waals surface area (Å²) in [6, 6.07) is 13.0. The Morgan fingerprint density at radius 2 is 1.66 bits per heavy atom. The van der Waals surface area contributed by atoms with Crippen LogP contribution in [0.4, 0.5) is 0 Å². The zero-order chi connectivity index (χ0) is 20.4. The molecule has 0 aromatic heterocycles. The Bertz CT molecular complexity index is 829. The largest absolute Gasteiger partial charge is 0.493 e. The standard InChI is InChI=1S/C25H33NO3/c1-17-4-8-19(9-5-17)23(27)16-26(15-18-6-7-18)22-11-10-20-13-24(28-2)25(29-3)14-21(20)12-22/h4-5,8-9,13-14,18,22-23,27H,6-7,10-12,15-16H2,1-3H3. The van der Waals surface area contributed by atoms with Crippen LogP contribution < -0.4 is 9.47 Å². The first-order valence-electron chi connectivity index (χ1n) is 10.8. The Morgan fingerprint density at radius 1 is 1.00 bits per heavy atom. The lowest BCUT2D eigenvalue weighted by atomic mass is 9.86. The number of nitrogens with zero attached hydrogens (tertiary/aromatic N) is 1. The maximum Gasteiger partial charge on any atom is 0.161 e. The summed E-state index contributed by atoms with van der Waals surface area (Å²) in [5.74, 6) is 2.42. The van der Waals surface area contributed by atoms with E-state index in [2.05, 4.69) is 48.2 Å². The first-order valence-corrected chi connectivity index (χ1v) is 10.8. The zero-order valence-corrected chi connectivity index (χ0v) is 17.9. The molecule has 2 atom stereocenters. The predicted octanol–water partition coefficient (Wildman–Crippen LogP) is 4.32. The quantitative estimate of drug-likeness (QED) is 0.723. The van der Waals surface area contributed by atoms with Gasteiger partial charge in [-0.2, -0.15) is 0 Å². The van der Waals surface area contributed by atoms with E-state index in [4.69, 9.17) is 9.47 Å². The second-order valence-electron chi connectivity index (χ2n) is 8.70. The molecule has 4 nitrogen and oxygen atoms in total. The maximum absolute atomic E-state index is 10.9. The van der Waals surface area contributed by atoms with E-state index in [-0.39, 0.29) is 0 Å². The molecule has 156 valence electrons. The minimum absolute atomic E-state index is 0.443. The Kier molecular flexibility index (Phi) is 6.12. The molecule has 0 radical (unpaired) electrons. The molecule has 1 saturated carbocycles. The third kappa shape index (κ3) is 4.76. The summed E-state index contributed by atoms with van der Waals surface area (Å²) >= 11 is 0. The summed E-state index contributed by atoms with van der Waals surface area (Å²) in [6.45, 7) is 3.88. The minimum Gasteiger partial charge on any atom is -0.493 e. The smallest absolute Gasteiger partial charge is 0.161 e. The van der Waals surface area contributed by atoms with Crippen LogP contribution in [0.5, 0.6) is 11.5 Å². The number of hydrogen-bond donors (Lipinski definition) is 1. The van der Waals surface area contributed by atoms with Crippen LogP contribution in [0.25, 0.3) is 0 Å². The fraction of sp³-hybridized carbons (Fsp3) is 0.520. The molecule has 2 aromatic carbocycles. The topological polar surface area (TPSA) is 41.9 Å². The number of aliphatic hydroxyl groups is 1. The molecule has 0 bridgehead atoms. The van der Waals surface area contributed by atoms with Crippen molar-refractivity contribution in [3.05, 3.63) is 58.7 Å². The third-order valence-corrected chi connectivity index (χ3v) is 6.48. The van der Waals surface area contributed by atoms with Crippen LogP contribution in [-0.2, 0) is 12.8 Å².